The maximum Gasteiger partial charge on any atom is 0.221 e. The lowest BCUT2D eigenvalue weighted by Gasteiger charge is -2.11. The summed E-state index contributed by atoms with van der Waals surface area (Å²) in [6.07, 6.45) is 0.402. The van der Waals surface area contributed by atoms with E-state index in [-0.39, 0.29) is 30.7 Å². The third-order valence-electron chi connectivity index (χ3n) is 2.53. The minimum absolute atomic E-state index is 0. The van der Waals surface area contributed by atoms with Crippen LogP contribution < -0.4 is 20.7 Å². The van der Waals surface area contributed by atoms with E-state index < -0.39 is 0 Å². The number of hydrogen-bond acceptors (Lipinski definition) is 4. The molecule has 122 valence electrons. The highest BCUT2D eigenvalue weighted by molar-refractivity contribution is 6.30. The zero-order valence-electron chi connectivity index (χ0n) is 12.1. The standard InChI is InChI=1S/C13H20ClN3O2.2ClH/c1-15-7-8-17-13(18)5-6-16-11-9-10(14)3-4-12(11)19-2;;/h3-4,9,15-16H,5-8H2,1-2H3,(H,17,18);2*1H. The second-order valence-electron chi connectivity index (χ2n) is 3.97. The second kappa shape index (κ2) is 12.8. The number of ether oxygens (including phenoxy) is 1. The van der Waals surface area contributed by atoms with Gasteiger partial charge in [0.1, 0.15) is 5.75 Å². The highest BCUT2D eigenvalue weighted by Gasteiger charge is 2.05. The first-order chi connectivity index (χ1) is 9.17. The van der Waals surface area contributed by atoms with Crippen molar-refractivity contribution >= 4 is 48.0 Å². The number of likely N-dealkylation sites (N-methyl/N-ethyl adjacent to an activating group) is 1. The van der Waals surface area contributed by atoms with Gasteiger partial charge in [-0.3, -0.25) is 4.79 Å². The average Bonchev–Trinajstić information content (AvgIpc) is 2.39. The zero-order chi connectivity index (χ0) is 14.1. The van der Waals surface area contributed by atoms with Crippen molar-refractivity contribution in [2.45, 2.75) is 6.42 Å². The Morgan fingerprint density at radius 2 is 1.95 bits per heavy atom. The molecule has 0 aliphatic carbocycles. The van der Waals surface area contributed by atoms with Gasteiger partial charge in [-0.25, -0.2) is 0 Å². The molecule has 0 radical (unpaired) electrons. The summed E-state index contributed by atoms with van der Waals surface area (Å²) in [6.45, 7) is 1.93. The third-order valence-corrected chi connectivity index (χ3v) is 2.76. The topological polar surface area (TPSA) is 62.4 Å². The van der Waals surface area contributed by atoms with Gasteiger partial charge in [0.25, 0.3) is 0 Å². The van der Waals surface area contributed by atoms with Crippen LogP contribution in [0, 0.1) is 0 Å². The van der Waals surface area contributed by atoms with Gasteiger partial charge in [0.05, 0.1) is 12.8 Å². The molecule has 0 aliphatic rings. The number of carbonyl (C=O) groups is 1. The minimum atomic E-state index is 0. The molecular formula is C13H22Cl3N3O2. The summed E-state index contributed by atoms with van der Waals surface area (Å²) in [5.41, 5.74) is 0.790. The lowest BCUT2D eigenvalue weighted by Crippen LogP contribution is -2.31. The normalized spacial score (nSPS) is 9.10. The molecule has 0 bridgehead atoms. The molecular weight excluding hydrogens is 337 g/mol. The summed E-state index contributed by atoms with van der Waals surface area (Å²) in [4.78, 5) is 11.5. The molecule has 0 saturated carbocycles. The predicted octanol–water partition coefficient (Wildman–Crippen LogP) is 2.33. The Hall–Kier alpha value is -0.880. The molecule has 1 rings (SSSR count). The zero-order valence-corrected chi connectivity index (χ0v) is 14.5. The Labute approximate surface area is 143 Å². The molecule has 0 fully saturated rings. The highest BCUT2D eigenvalue weighted by atomic mass is 35.5. The van der Waals surface area contributed by atoms with Crippen molar-refractivity contribution in [3.05, 3.63) is 23.2 Å². The van der Waals surface area contributed by atoms with Gasteiger partial charge in [0.15, 0.2) is 0 Å². The number of rotatable bonds is 8. The van der Waals surface area contributed by atoms with Crippen molar-refractivity contribution in [3.8, 4) is 5.75 Å². The molecule has 5 nitrogen and oxygen atoms in total. The molecule has 0 atom stereocenters. The lowest BCUT2D eigenvalue weighted by atomic mass is 10.2. The SMILES string of the molecule is CNCCNC(=O)CCNc1cc(Cl)ccc1OC.Cl.Cl. The Bertz CT molecular complexity index is 420. The molecule has 1 amide bonds. The van der Waals surface area contributed by atoms with E-state index in [9.17, 15) is 4.79 Å². The fourth-order valence-corrected chi connectivity index (χ4v) is 1.72. The van der Waals surface area contributed by atoms with Crippen LogP contribution in [0.15, 0.2) is 18.2 Å². The van der Waals surface area contributed by atoms with Crippen LogP contribution in [0.2, 0.25) is 5.02 Å². The van der Waals surface area contributed by atoms with Crippen LogP contribution in [-0.2, 0) is 4.79 Å². The van der Waals surface area contributed by atoms with Crippen molar-refractivity contribution in [2.24, 2.45) is 0 Å². The Morgan fingerprint density at radius 3 is 2.57 bits per heavy atom. The smallest absolute Gasteiger partial charge is 0.221 e. The summed E-state index contributed by atoms with van der Waals surface area (Å²) in [6, 6.07) is 5.33. The van der Waals surface area contributed by atoms with Crippen molar-refractivity contribution in [1.82, 2.24) is 10.6 Å². The number of anilines is 1. The van der Waals surface area contributed by atoms with Crippen molar-refractivity contribution in [2.75, 3.05) is 39.1 Å². The molecule has 3 N–H and O–H groups in total. The Morgan fingerprint density at radius 1 is 1.24 bits per heavy atom. The van der Waals surface area contributed by atoms with E-state index in [0.29, 0.717) is 30.3 Å². The Kier molecular flexibility index (Phi) is 13.7. The van der Waals surface area contributed by atoms with Crippen LogP contribution in [0.4, 0.5) is 5.69 Å². The summed E-state index contributed by atoms with van der Waals surface area (Å²) >= 11 is 5.92. The van der Waals surface area contributed by atoms with Crippen molar-refractivity contribution < 1.29 is 9.53 Å². The van der Waals surface area contributed by atoms with E-state index in [1.807, 2.05) is 7.05 Å². The summed E-state index contributed by atoms with van der Waals surface area (Å²) in [5, 5.41) is 9.54. The largest absolute Gasteiger partial charge is 0.495 e. The van der Waals surface area contributed by atoms with Gasteiger partial charge in [0.2, 0.25) is 5.91 Å². The number of amides is 1. The van der Waals surface area contributed by atoms with Crippen LogP contribution in [-0.4, -0.2) is 39.7 Å². The number of halogens is 3. The molecule has 0 saturated heterocycles. The summed E-state index contributed by atoms with van der Waals surface area (Å²) in [7, 11) is 3.44. The molecule has 0 spiro atoms. The maximum atomic E-state index is 11.5. The van der Waals surface area contributed by atoms with Gasteiger partial charge >= 0.3 is 0 Å². The van der Waals surface area contributed by atoms with E-state index in [2.05, 4.69) is 16.0 Å². The van der Waals surface area contributed by atoms with Crippen LogP contribution in [0.25, 0.3) is 0 Å². The van der Waals surface area contributed by atoms with Gasteiger partial charge in [0, 0.05) is 31.1 Å². The molecule has 0 aromatic heterocycles. The predicted molar refractivity (Wildman–Crippen MR) is 92.5 cm³/mol. The fraction of sp³-hybridized carbons (Fsp3) is 0.462. The van der Waals surface area contributed by atoms with Crippen LogP contribution >= 0.6 is 36.4 Å². The highest BCUT2D eigenvalue weighted by Crippen LogP contribution is 2.27. The molecule has 0 heterocycles. The number of hydrogen-bond donors (Lipinski definition) is 3. The van der Waals surface area contributed by atoms with Crippen LogP contribution in [0.5, 0.6) is 5.75 Å². The van der Waals surface area contributed by atoms with Gasteiger partial charge in [-0.05, 0) is 25.2 Å². The number of carbonyl (C=O) groups excluding carboxylic acids is 1. The number of nitrogens with one attached hydrogen (secondary N) is 3. The van der Waals surface area contributed by atoms with Crippen molar-refractivity contribution in [1.29, 1.82) is 0 Å². The van der Waals surface area contributed by atoms with Gasteiger partial charge in [-0.2, -0.15) is 0 Å². The molecule has 8 heteroatoms. The summed E-state index contributed by atoms with van der Waals surface area (Å²) < 4.78 is 5.21. The van der Waals surface area contributed by atoms with Gasteiger partial charge in [-0.1, -0.05) is 11.6 Å². The quantitative estimate of drug-likeness (QED) is 0.624. The first-order valence-corrected chi connectivity index (χ1v) is 6.54. The minimum Gasteiger partial charge on any atom is -0.495 e. The number of methoxy groups -OCH3 is 1. The van der Waals surface area contributed by atoms with Crippen LogP contribution in [0.3, 0.4) is 0 Å². The monoisotopic (exact) mass is 357 g/mol. The molecule has 1 aromatic rings. The lowest BCUT2D eigenvalue weighted by molar-refractivity contribution is -0.120. The molecule has 21 heavy (non-hydrogen) atoms. The third kappa shape index (κ3) is 8.88. The first-order valence-electron chi connectivity index (χ1n) is 6.16. The van der Waals surface area contributed by atoms with E-state index in [4.69, 9.17) is 16.3 Å². The van der Waals surface area contributed by atoms with Crippen LogP contribution in [0.1, 0.15) is 6.42 Å². The van der Waals surface area contributed by atoms with E-state index in [1.165, 1.54) is 0 Å². The molecule has 0 aliphatic heterocycles. The average molecular weight is 359 g/mol. The van der Waals surface area contributed by atoms with E-state index >= 15 is 0 Å². The second-order valence-corrected chi connectivity index (χ2v) is 4.41. The van der Waals surface area contributed by atoms with Gasteiger partial charge in [-0.15, -0.1) is 24.8 Å². The summed E-state index contributed by atoms with van der Waals surface area (Å²) in [5.74, 6) is 0.726. The maximum absolute atomic E-state index is 11.5. The first kappa shape index (κ1) is 22.4. The molecule has 0 unspecified atom stereocenters. The Balaban J connectivity index is 0. The fourth-order valence-electron chi connectivity index (χ4n) is 1.54. The number of benzene rings is 1. The van der Waals surface area contributed by atoms with E-state index in [0.717, 1.165) is 12.2 Å². The van der Waals surface area contributed by atoms with Crippen molar-refractivity contribution in [3.63, 3.8) is 0 Å². The van der Waals surface area contributed by atoms with E-state index in [1.54, 1.807) is 25.3 Å². The van der Waals surface area contributed by atoms with Gasteiger partial charge < -0.3 is 20.7 Å². The molecule has 1 aromatic carbocycles.